The lowest BCUT2D eigenvalue weighted by Gasteiger charge is -2.27. The first-order valence-corrected chi connectivity index (χ1v) is 14.4. The molecule has 1 N–H and O–H groups in total. The number of nitrogens with zero attached hydrogens (tertiary/aromatic N) is 1. The number of anilines is 1. The van der Waals surface area contributed by atoms with Gasteiger partial charge in [-0.25, -0.2) is 0 Å². The minimum absolute atomic E-state index is 0.0586. The Hall–Kier alpha value is -4.64. The van der Waals surface area contributed by atoms with Crippen LogP contribution in [0.1, 0.15) is 67.1 Å². The molecule has 1 amide bonds. The molecule has 0 radical (unpaired) electrons. The van der Waals surface area contributed by atoms with Gasteiger partial charge in [-0.1, -0.05) is 94.4 Å². The van der Waals surface area contributed by atoms with Crippen LogP contribution in [0.2, 0.25) is 0 Å². The van der Waals surface area contributed by atoms with Crippen molar-refractivity contribution < 1.29 is 19.4 Å². The lowest BCUT2D eigenvalue weighted by molar-refractivity contribution is -0.132. The van der Waals surface area contributed by atoms with E-state index in [1.54, 1.807) is 18.2 Å². The van der Waals surface area contributed by atoms with E-state index in [-0.39, 0.29) is 16.7 Å². The maximum Gasteiger partial charge on any atom is 0.300 e. The fourth-order valence-electron chi connectivity index (χ4n) is 5.32. The summed E-state index contributed by atoms with van der Waals surface area (Å²) in [6.07, 6.45) is 0.868. The van der Waals surface area contributed by atoms with Crippen molar-refractivity contribution in [3.05, 3.63) is 136 Å². The maximum atomic E-state index is 13.6. The molecule has 1 fully saturated rings. The third-order valence-electron chi connectivity index (χ3n) is 7.85. The number of benzene rings is 4. The highest BCUT2D eigenvalue weighted by molar-refractivity contribution is 6.51. The molecule has 0 aromatic heterocycles. The SMILES string of the molecule is CCc1ccc(C2/C(=C(/O)c3ccc(OCc4ccccc4)c(C)c3)C(=O)C(=O)N2c2ccc(C(C)(C)C)cc2)cc1. The van der Waals surface area contributed by atoms with E-state index >= 15 is 0 Å². The van der Waals surface area contributed by atoms with E-state index in [2.05, 4.69) is 27.7 Å². The molecule has 0 spiro atoms. The van der Waals surface area contributed by atoms with E-state index in [0.717, 1.165) is 34.2 Å². The Labute approximate surface area is 248 Å². The van der Waals surface area contributed by atoms with Gasteiger partial charge in [0.1, 0.15) is 18.1 Å². The molecule has 5 heteroatoms. The number of ketones is 1. The quantitative estimate of drug-likeness (QED) is 0.141. The van der Waals surface area contributed by atoms with Gasteiger partial charge < -0.3 is 9.84 Å². The standard InChI is InChI=1S/C37H37NO4/c1-6-25-12-14-27(15-13-25)33-32(35(40)36(41)38(33)30-19-17-29(18-20-30)37(3,4)5)34(39)28-16-21-31(24(2)22-28)42-23-26-10-8-7-9-11-26/h7-22,33,39H,6,23H2,1-5H3/b34-32-. The van der Waals surface area contributed by atoms with Crippen LogP contribution < -0.4 is 9.64 Å². The van der Waals surface area contributed by atoms with Gasteiger partial charge in [-0.2, -0.15) is 0 Å². The monoisotopic (exact) mass is 559 g/mol. The highest BCUT2D eigenvalue weighted by atomic mass is 16.5. The van der Waals surface area contributed by atoms with Crippen molar-refractivity contribution in [2.45, 2.75) is 59.1 Å². The number of Topliss-reactive ketones (excluding diaryl/α,β-unsaturated/α-hetero) is 1. The molecule has 1 heterocycles. The van der Waals surface area contributed by atoms with Crippen LogP contribution in [-0.2, 0) is 28.0 Å². The Morgan fingerprint density at radius 1 is 0.857 bits per heavy atom. The molecule has 1 unspecified atom stereocenters. The topological polar surface area (TPSA) is 66.8 Å². The molecule has 0 aliphatic carbocycles. The van der Waals surface area contributed by atoms with E-state index in [9.17, 15) is 14.7 Å². The van der Waals surface area contributed by atoms with E-state index < -0.39 is 17.7 Å². The van der Waals surface area contributed by atoms with Gasteiger partial charge in [0.15, 0.2) is 0 Å². The summed E-state index contributed by atoms with van der Waals surface area (Å²) in [5.41, 5.74) is 5.96. The second kappa shape index (κ2) is 11.7. The molecule has 4 aromatic carbocycles. The zero-order chi connectivity index (χ0) is 30.0. The fraction of sp³-hybridized carbons (Fsp3) is 0.243. The van der Waals surface area contributed by atoms with Crippen molar-refractivity contribution in [1.82, 2.24) is 0 Å². The maximum absolute atomic E-state index is 13.6. The molecule has 42 heavy (non-hydrogen) atoms. The van der Waals surface area contributed by atoms with Gasteiger partial charge >= 0.3 is 0 Å². The minimum Gasteiger partial charge on any atom is -0.507 e. The second-order valence-corrected chi connectivity index (χ2v) is 11.8. The number of amides is 1. The fourth-order valence-corrected chi connectivity index (χ4v) is 5.32. The first kappa shape index (κ1) is 28.9. The van der Waals surface area contributed by atoms with Crippen molar-refractivity contribution in [3.8, 4) is 5.75 Å². The average Bonchev–Trinajstić information content (AvgIpc) is 3.26. The normalized spacial score (nSPS) is 16.6. The molecule has 1 aliphatic heterocycles. The Morgan fingerprint density at radius 2 is 1.52 bits per heavy atom. The molecule has 5 nitrogen and oxygen atoms in total. The Kier molecular flexibility index (Phi) is 8.04. The zero-order valence-corrected chi connectivity index (χ0v) is 24.8. The second-order valence-electron chi connectivity index (χ2n) is 11.8. The number of hydrogen-bond donors (Lipinski definition) is 1. The lowest BCUT2D eigenvalue weighted by atomic mass is 9.87. The summed E-state index contributed by atoms with van der Waals surface area (Å²) in [6, 6.07) is 30.0. The Bertz CT molecular complexity index is 1630. The summed E-state index contributed by atoms with van der Waals surface area (Å²) < 4.78 is 6.01. The molecular formula is C37H37NO4. The first-order valence-electron chi connectivity index (χ1n) is 14.4. The summed E-state index contributed by atoms with van der Waals surface area (Å²) in [5.74, 6) is -0.894. The molecule has 5 rings (SSSR count). The number of carbonyl (C=O) groups is 2. The van der Waals surface area contributed by atoms with Gasteiger partial charge in [-0.15, -0.1) is 0 Å². The predicted octanol–water partition coefficient (Wildman–Crippen LogP) is 8.06. The molecule has 1 aliphatic rings. The number of aryl methyl sites for hydroxylation is 2. The first-order chi connectivity index (χ1) is 20.1. The van der Waals surface area contributed by atoms with Crippen molar-refractivity contribution >= 4 is 23.1 Å². The van der Waals surface area contributed by atoms with E-state index in [1.165, 1.54) is 4.90 Å². The van der Waals surface area contributed by atoms with E-state index in [1.807, 2.05) is 85.8 Å². The average molecular weight is 560 g/mol. The predicted molar refractivity (Wildman–Crippen MR) is 168 cm³/mol. The highest BCUT2D eigenvalue weighted by Gasteiger charge is 2.47. The number of ether oxygens (including phenoxy) is 1. The van der Waals surface area contributed by atoms with Crippen molar-refractivity contribution in [2.24, 2.45) is 0 Å². The van der Waals surface area contributed by atoms with Crippen LogP contribution in [0.5, 0.6) is 5.75 Å². The van der Waals surface area contributed by atoms with Crippen molar-refractivity contribution in [2.75, 3.05) is 4.90 Å². The molecule has 1 saturated heterocycles. The van der Waals surface area contributed by atoms with Gasteiger partial charge in [-0.3, -0.25) is 14.5 Å². The van der Waals surface area contributed by atoms with Gasteiger partial charge in [0.2, 0.25) is 0 Å². The Balaban J connectivity index is 1.56. The zero-order valence-electron chi connectivity index (χ0n) is 24.8. The third-order valence-corrected chi connectivity index (χ3v) is 7.85. The van der Waals surface area contributed by atoms with Crippen LogP contribution in [-0.4, -0.2) is 16.8 Å². The molecule has 0 bridgehead atoms. The van der Waals surface area contributed by atoms with Crippen LogP contribution in [0.15, 0.2) is 103 Å². The number of aliphatic hydroxyl groups is 1. The van der Waals surface area contributed by atoms with Crippen LogP contribution in [0.4, 0.5) is 5.69 Å². The van der Waals surface area contributed by atoms with Crippen LogP contribution in [0.25, 0.3) is 5.76 Å². The van der Waals surface area contributed by atoms with Gasteiger partial charge in [0.25, 0.3) is 11.7 Å². The van der Waals surface area contributed by atoms with Crippen LogP contribution in [0, 0.1) is 6.92 Å². The van der Waals surface area contributed by atoms with Gasteiger partial charge in [0, 0.05) is 11.3 Å². The van der Waals surface area contributed by atoms with E-state index in [0.29, 0.717) is 23.6 Å². The Morgan fingerprint density at radius 3 is 2.12 bits per heavy atom. The smallest absolute Gasteiger partial charge is 0.300 e. The van der Waals surface area contributed by atoms with Gasteiger partial charge in [0.05, 0.1) is 11.6 Å². The van der Waals surface area contributed by atoms with Gasteiger partial charge in [-0.05, 0) is 76.9 Å². The summed E-state index contributed by atoms with van der Waals surface area (Å²) in [5, 5.41) is 11.6. The summed E-state index contributed by atoms with van der Waals surface area (Å²) in [7, 11) is 0. The summed E-state index contributed by atoms with van der Waals surface area (Å²) >= 11 is 0. The number of aliphatic hydroxyl groups excluding tert-OH is 1. The number of rotatable bonds is 7. The third kappa shape index (κ3) is 5.73. The van der Waals surface area contributed by atoms with Crippen molar-refractivity contribution in [1.29, 1.82) is 0 Å². The molecule has 4 aromatic rings. The highest BCUT2D eigenvalue weighted by Crippen LogP contribution is 2.43. The summed E-state index contributed by atoms with van der Waals surface area (Å²) in [4.78, 5) is 28.7. The van der Waals surface area contributed by atoms with Crippen molar-refractivity contribution in [3.63, 3.8) is 0 Å². The van der Waals surface area contributed by atoms with Crippen LogP contribution >= 0.6 is 0 Å². The molecule has 1 atom stereocenters. The number of hydrogen-bond acceptors (Lipinski definition) is 4. The largest absolute Gasteiger partial charge is 0.507 e. The van der Waals surface area contributed by atoms with E-state index in [4.69, 9.17) is 4.74 Å². The van der Waals surface area contributed by atoms with Crippen LogP contribution in [0.3, 0.4) is 0 Å². The molecule has 214 valence electrons. The lowest BCUT2D eigenvalue weighted by Crippen LogP contribution is -2.29. The molecule has 0 saturated carbocycles. The number of carbonyl (C=O) groups excluding carboxylic acids is 2. The summed E-state index contributed by atoms with van der Waals surface area (Å²) in [6.45, 7) is 10.8. The molecular weight excluding hydrogens is 522 g/mol. The minimum atomic E-state index is -0.772.